The van der Waals surface area contributed by atoms with E-state index in [9.17, 15) is 0 Å². The second kappa shape index (κ2) is 4.27. The van der Waals surface area contributed by atoms with Gasteiger partial charge in [0.1, 0.15) is 5.82 Å². The van der Waals surface area contributed by atoms with Crippen LogP contribution in [0, 0.1) is 6.92 Å². The molecule has 0 aliphatic carbocycles. The highest BCUT2D eigenvalue weighted by atomic mass is 79.9. The average molecular weight is 307 g/mol. The number of para-hydroxylation sites is 2. The molecule has 0 atom stereocenters. The van der Waals surface area contributed by atoms with Crippen LogP contribution in [0.3, 0.4) is 0 Å². The van der Waals surface area contributed by atoms with Gasteiger partial charge in [0.25, 0.3) is 0 Å². The summed E-state index contributed by atoms with van der Waals surface area (Å²) in [7, 11) is 0. The van der Waals surface area contributed by atoms with E-state index in [1.807, 2.05) is 6.07 Å². The Balaban J connectivity index is 2.11. The zero-order valence-corrected chi connectivity index (χ0v) is 11.8. The van der Waals surface area contributed by atoms with Crippen LogP contribution in [0.15, 0.2) is 40.2 Å². The van der Waals surface area contributed by atoms with Gasteiger partial charge in [-0.05, 0) is 46.4 Å². The standard InChI is InChI=1S/C13H11BrN2S/c1-9-15-11-4-2-3-5-12(11)16(9)8-13-10(14)6-7-17-13/h2-7H,8H2,1H3. The van der Waals surface area contributed by atoms with Crippen LogP contribution < -0.4 is 0 Å². The van der Waals surface area contributed by atoms with E-state index < -0.39 is 0 Å². The molecule has 0 aliphatic heterocycles. The van der Waals surface area contributed by atoms with Crippen molar-refractivity contribution >= 4 is 38.3 Å². The maximum absolute atomic E-state index is 4.58. The van der Waals surface area contributed by atoms with Gasteiger partial charge in [-0.15, -0.1) is 11.3 Å². The van der Waals surface area contributed by atoms with E-state index >= 15 is 0 Å². The molecule has 0 aliphatic rings. The minimum absolute atomic E-state index is 0.880. The number of hydrogen-bond acceptors (Lipinski definition) is 2. The molecule has 2 aromatic heterocycles. The largest absolute Gasteiger partial charge is 0.323 e. The number of halogens is 1. The molecule has 3 aromatic rings. The molecule has 0 spiro atoms. The van der Waals surface area contributed by atoms with Gasteiger partial charge in [0.15, 0.2) is 0 Å². The number of hydrogen-bond donors (Lipinski definition) is 0. The first-order valence-electron chi connectivity index (χ1n) is 5.39. The highest BCUT2D eigenvalue weighted by molar-refractivity contribution is 9.10. The van der Waals surface area contributed by atoms with Gasteiger partial charge in [-0.3, -0.25) is 0 Å². The highest BCUT2D eigenvalue weighted by Gasteiger charge is 2.09. The van der Waals surface area contributed by atoms with E-state index in [2.05, 4.69) is 62.1 Å². The van der Waals surface area contributed by atoms with Crippen LogP contribution in [0.1, 0.15) is 10.7 Å². The predicted octanol–water partition coefficient (Wildman–Crippen LogP) is 4.22. The molecule has 17 heavy (non-hydrogen) atoms. The molecule has 3 rings (SSSR count). The van der Waals surface area contributed by atoms with Crippen LogP contribution >= 0.6 is 27.3 Å². The molecule has 0 unspecified atom stereocenters. The molecule has 0 saturated heterocycles. The number of rotatable bonds is 2. The Morgan fingerprint density at radius 3 is 2.88 bits per heavy atom. The summed E-state index contributed by atoms with van der Waals surface area (Å²) in [5.74, 6) is 1.06. The van der Waals surface area contributed by atoms with Crippen molar-refractivity contribution in [1.29, 1.82) is 0 Å². The fourth-order valence-corrected chi connectivity index (χ4v) is 3.44. The van der Waals surface area contributed by atoms with E-state index in [4.69, 9.17) is 0 Å². The number of thiophene rings is 1. The maximum atomic E-state index is 4.58. The molecule has 4 heteroatoms. The van der Waals surface area contributed by atoms with E-state index in [1.165, 1.54) is 14.9 Å². The van der Waals surface area contributed by atoms with Gasteiger partial charge in [-0.1, -0.05) is 12.1 Å². The van der Waals surface area contributed by atoms with Gasteiger partial charge in [0, 0.05) is 9.35 Å². The summed E-state index contributed by atoms with van der Waals surface area (Å²) in [6.45, 7) is 2.94. The van der Waals surface area contributed by atoms with Crippen molar-refractivity contribution in [2.24, 2.45) is 0 Å². The van der Waals surface area contributed by atoms with Crippen LogP contribution in [0.2, 0.25) is 0 Å². The third-order valence-corrected chi connectivity index (χ3v) is 4.75. The molecule has 2 nitrogen and oxygen atoms in total. The van der Waals surface area contributed by atoms with Crippen LogP contribution in [0.5, 0.6) is 0 Å². The van der Waals surface area contributed by atoms with E-state index in [-0.39, 0.29) is 0 Å². The van der Waals surface area contributed by atoms with Crippen molar-refractivity contribution in [3.63, 3.8) is 0 Å². The first kappa shape index (κ1) is 11.0. The quantitative estimate of drug-likeness (QED) is 0.693. The van der Waals surface area contributed by atoms with Crippen LogP contribution in [-0.2, 0) is 6.54 Å². The number of benzene rings is 1. The molecular formula is C13H11BrN2S. The van der Waals surface area contributed by atoms with Gasteiger partial charge in [0.05, 0.1) is 17.6 Å². The fraction of sp³-hybridized carbons (Fsp3) is 0.154. The van der Waals surface area contributed by atoms with Crippen LogP contribution in [-0.4, -0.2) is 9.55 Å². The Labute approximate surface area is 112 Å². The molecule has 1 aromatic carbocycles. The number of nitrogens with zero attached hydrogens (tertiary/aromatic N) is 2. The second-order valence-corrected chi connectivity index (χ2v) is 5.78. The van der Waals surface area contributed by atoms with Crippen molar-refractivity contribution in [2.45, 2.75) is 13.5 Å². The minimum Gasteiger partial charge on any atom is -0.323 e. The third-order valence-electron chi connectivity index (χ3n) is 2.84. The SMILES string of the molecule is Cc1nc2ccccc2n1Cc1sccc1Br. The average Bonchev–Trinajstić information content (AvgIpc) is 2.85. The van der Waals surface area contributed by atoms with Crippen molar-refractivity contribution in [3.8, 4) is 0 Å². The van der Waals surface area contributed by atoms with Crippen molar-refractivity contribution < 1.29 is 0 Å². The predicted molar refractivity (Wildman–Crippen MR) is 75.6 cm³/mol. The fourth-order valence-electron chi connectivity index (χ4n) is 1.98. The summed E-state index contributed by atoms with van der Waals surface area (Å²) in [4.78, 5) is 5.91. The summed E-state index contributed by atoms with van der Waals surface area (Å²) in [5.41, 5.74) is 2.27. The number of aromatic nitrogens is 2. The van der Waals surface area contributed by atoms with Gasteiger partial charge in [0.2, 0.25) is 0 Å². The lowest BCUT2D eigenvalue weighted by Gasteiger charge is -2.05. The summed E-state index contributed by atoms with van der Waals surface area (Å²) in [6, 6.07) is 10.4. The first-order valence-corrected chi connectivity index (χ1v) is 7.07. The summed E-state index contributed by atoms with van der Waals surface area (Å²) in [6.07, 6.45) is 0. The molecule has 0 N–H and O–H groups in total. The third kappa shape index (κ3) is 1.91. The van der Waals surface area contributed by atoms with E-state index in [1.54, 1.807) is 11.3 Å². The first-order chi connectivity index (χ1) is 8.25. The summed E-state index contributed by atoms with van der Waals surface area (Å²) >= 11 is 5.35. The molecule has 0 amide bonds. The second-order valence-electron chi connectivity index (χ2n) is 3.93. The topological polar surface area (TPSA) is 17.8 Å². The number of imidazole rings is 1. The Bertz CT molecular complexity index is 669. The van der Waals surface area contributed by atoms with Gasteiger partial charge < -0.3 is 4.57 Å². The summed E-state index contributed by atoms with van der Waals surface area (Å²) in [5, 5.41) is 2.11. The summed E-state index contributed by atoms with van der Waals surface area (Å²) < 4.78 is 3.44. The maximum Gasteiger partial charge on any atom is 0.107 e. The smallest absolute Gasteiger partial charge is 0.107 e. The van der Waals surface area contributed by atoms with Crippen molar-refractivity contribution in [3.05, 3.63) is 50.9 Å². The zero-order chi connectivity index (χ0) is 11.8. The highest BCUT2D eigenvalue weighted by Crippen LogP contribution is 2.26. The van der Waals surface area contributed by atoms with Crippen LogP contribution in [0.25, 0.3) is 11.0 Å². The number of aryl methyl sites for hydroxylation is 1. The minimum atomic E-state index is 0.880. The van der Waals surface area contributed by atoms with E-state index in [0.717, 1.165) is 17.9 Å². The monoisotopic (exact) mass is 306 g/mol. The van der Waals surface area contributed by atoms with Crippen LogP contribution in [0.4, 0.5) is 0 Å². The molecule has 0 bridgehead atoms. The normalized spacial score (nSPS) is 11.2. The zero-order valence-electron chi connectivity index (χ0n) is 9.35. The lowest BCUT2D eigenvalue weighted by molar-refractivity contribution is 0.795. The molecular weight excluding hydrogens is 296 g/mol. The van der Waals surface area contributed by atoms with Crippen molar-refractivity contribution in [1.82, 2.24) is 9.55 Å². The molecule has 86 valence electrons. The Morgan fingerprint density at radius 2 is 2.12 bits per heavy atom. The molecule has 0 fully saturated rings. The van der Waals surface area contributed by atoms with Gasteiger partial charge in [-0.25, -0.2) is 4.98 Å². The van der Waals surface area contributed by atoms with Gasteiger partial charge in [-0.2, -0.15) is 0 Å². The molecule has 0 saturated carbocycles. The lowest BCUT2D eigenvalue weighted by atomic mass is 10.3. The molecule has 0 radical (unpaired) electrons. The van der Waals surface area contributed by atoms with E-state index in [0.29, 0.717) is 0 Å². The van der Waals surface area contributed by atoms with Crippen molar-refractivity contribution in [2.75, 3.05) is 0 Å². The Kier molecular flexibility index (Phi) is 2.76. The van der Waals surface area contributed by atoms with Gasteiger partial charge >= 0.3 is 0 Å². The number of fused-ring (bicyclic) bond motifs is 1. The Morgan fingerprint density at radius 1 is 1.29 bits per heavy atom. The Hall–Kier alpha value is -1.13. The lowest BCUT2D eigenvalue weighted by Crippen LogP contribution is -2.00. The molecule has 2 heterocycles.